The number of nitrogens with zero attached hydrogens (tertiary/aromatic N) is 3. The first-order chi connectivity index (χ1) is 15.7. The third kappa shape index (κ3) is 4.65. The number of carbonyl (C=O) groups excluding carboxylic acids is 3. The maximum absolute atomic E-state index is 13.3. The van der Waals surface area contributed by atoms with Crippen molar-refractivity contribution >= 4 is 23.4 Å². The van der Waals surface area contributed by atoms with E-state index < -0.39 is 5.54 Å². The number of fused-ring (bicyclic) bond motifs is 1. The highest BCUT2D eigenvalue weighted by Crippen LogP contribution is 2.27. The van der Waals surface area contributed by atoms with Crippen LogP contribution in [0.3, 0.4) is 0 Å². The molecule has 1 atom stereocenters. The Balaban J connectivity index is 1.53. The molecule has 1 aromatic carbocycles. The molecule has 2 aromatic rings. The fourth-order valence-corrected chi connectivity index (χ4v) is 4.84. The Morgan fingerprint density at radius 2 is 1.67 bits per heavy atom. The molecular weight excluding hydrogens is 418 g/mol. The maximum Gasteiger partial charge on any atom is 0.276 e. The number of hydrogen-bond acceptors (Lipinski definition) is 4. The Morgan fingerprint density at radius 3 is 2.30 bits per heavy atom. The summed E-state index contributed by atoms with van der Waals surface area (Å²) in [5.41, 5.74) is 2.15. The topological polar surface area (TPSA) is 96.3 Å². The third-order valence-electron chi connectivity index (χ3n) is 6.89. The standard InChI is InChI=1S/C25H33N5O3/c1-16-11-17(2)13-19(12-16)26-22(31)20-14-21-23(32)29(4)25(3,15-30(21)28-20)24(33)27-18-9-7-5-6-8-10-18/h11-14,18H,5-10,15H2,1-4H3,(H,26,31)(H,27,33)/t25-/m1/s1. The van der Waals surface area contributed by atoms with Gasteiger partial charge in [0.05, 0.1) is 6.54 Å². The van der Waals surface area contributed by atoms with Gasteiger partial charge in [-0.05, 0) is 56.9 Å². The van der Waals surface area contributed by atoms with Crippen LogP contribution in [0.5, 0.6) is 0 Å². The minimum atomic E-state index is -1.08. The lowest BCUT2D eigenvalue weighted by molar-refractivity contribution is -0.133. The van der Waals surface area contributed by atoms with Crippen LogP contribution in [0.2, 0.25) is 0 Å². The molecule has 1 aliphatic carbocycles. The van der Waals surface area contributed by atoms with Crippen molar-refractivity contribution in [3.63, 3.8) is 0 Å². The summed E-state index contributed by atoms with van der Waals surface area (Å²) in [6.45, 7) is 5.89. The van der Waals surface area contributed by atoms with Gasteiger partial charge >= 0.3 is 0 Å². The smallest absolute Gasteiger partial charge is 0.276 e. The van der Waals surface area contributed by atoms with Gasteiger partial charge in [-0.2, -0.15) is 5.10 Å². The van der Waals surface area contributed by atoms with Crippen molar-refractivity contribution in [1.82, 2.24) is 20.0 Å². The molecule has 0 radical (unpaired) electrons. The van der Waals surface area contributed by atoms with Crippen LogP contribution in [0, 0.1) is 13.8 Å². The zero-order valence-electron chi connectivity index (χ0n) is 19.9. The number of hydrogen-bond donors (Lipinski definition) is 2. The molecule has 8 nitrogen and oxygen atoms in total. The number of aryl methyl sites for hydroxylation is 2. The molecule has 8 heteroatoms. The molecule has 1 aromatic heterocycles. The van der Waals surface area contributed by atoms with E-state index in [0.717, 1.165) is 36.8 Å². The molecule has 1 saturated carbocycles. The molecular formula is C25H33N5O3. The molecule has 4 rings (SSSR count). The average Bonchev–Trinajstić information content (AvgIpc) is 3.00. The summed E-state index contributed by atoms with van der Waals surface area (Å²) in [5.74, 6) is -0.882. The Bertz CT molecular complexity index is 1060. The molecule has 3 amide bonds. The van der Waals surface area contributed by atoms with Crippen LogP contribution in [-0.2, 0) is 11.3 Å². The predicted molar refractivity (Wildman–Crippen MR) is 126 cm³/mol. The first-order valence-corrected chi connectivity index (χ1v) is 11.7. The lowest BCUT2D eigenvalue weighted by atomic mass is 9.95. The van der Waals surface area contributed by atoms with Gasteiger partial charge in [0.1, 0.15) is 11.2 Å². The van der Waals surface area contributed by atoms with Crippen LogP contribution in [0.4, 0.5) is 5.69 Å². The molecule has 33 heavy (non-hydrogen) atoms. The highest BCUT2D eigenvalue weighted by Gasteiger charge is 2.46. The van der Waals surface area contributed by atoms with Crippen molar-refractivity contribution in [1.29, 1.82) is 0 Å². The molecule has 0 saturated heterocycles. The van der Waals surface area contributed by atoms with Gasteiger partial charge in [-0.15, -0.1) is 0 Å². The molecule has 2 N–H and O–H groups in total. The van der Waals surface area contributed by atoms with Gasteiger partial charge < -0.3 is 15.5 Å². The summed E-state index contributed by atoms with van der Waals surface area (Å²) in [6, 6.07) is 7.43. The van der Waals surface area contributed by atoms with E-state index in [2.05, 4.69) is 15.7 Å². The highest BCUT2D eigenvalue weighted by molar-refractivity contribution is 6.06. The van der Waals surface area contributed by atoms with Crippen molar-refractivity contribution in [2.45, 2.75) is 77.4 Å². The van der Waals surface area contributed by atoms with E-state index in [4.69, 9.17) is 0 Å². The van der Waals surface area contributed by atoms with Crippen LogP contribution < -0.4 is 10.6 Å². The highest BCUT2D eigenvalue weighted by atomic mass is 16.2. The van der Waals surface area contributed by atoms with Crippen LogP contribution in [0.1, 0.15) is 77.6 Å². The zero-order valence-corrected chi connectivity index (χ0v) is 19.9. The van der Waals surface area contributed by atoms with E-state index in [1.165, 1.54) is 28.5 Å². The Labute approximate surface area is 194 Å². The van der Waals surface area contributed by atoms with Crippen molar-refractivity contribution in [2.75, 3.05) is 12.4 Å². The molecule has 0 bridgehead atoms. The lowest BCUT2D eigenvalue weighted by Gasteiger charge is -2.41. The van der Waals surface area contributed by atoms with Gasteiger partial charge in [-0.25, -0.2) is 0 Å². The van der Waals surface area contributed by atoms with Gasteiger partial charge in [0, 0.05) is 24.8 Å². The maximum atomic E-state index is 13.3. The summed E-state index contributed by atoms with van der Waals surface area (Å²) in [5, 5.41) is 10.4. The zero-order chi connectivity index (χ0) is 23.8. The van der Waals surface area contributed by atoms with Gasteiger partial charge in [0.25, 0.3) is 11.8 Å². The van der Waals surface area contributed by atoms with Crippen molar-refractivity contribution in [2.24, 2.45) is 0 Å². The third-order valence-corrected chi connectivity index (χ3v) is 6.89. The number of likely N-dealkylation sites (N-methyl/N-ethyl adjacent to an activating group) is 1. The molecule has 2 aliphatic rings. The van der Waals surface area contributed by atoms with Crippen LogP contribution in [0.25, 0.3) is 0 Å². The number of benzene rings is 1. The van der Waals surface area contributed by atoms with Gasteiger partial charge in [0.2, 0.25) is 5.91 Å². The number of nitrogens with one attached hydrogen (secondary N) is 2. The first-order valence-electron chi connectivity index (χ1n) is 11.7. The number of rotatable bonds is 4. The molecule has 0 unspecified atom stereocenters. The van der Waals surface area contributed by atoms with Crippen LogP contribution in [-0.4, -0.2) is 51.0 Å². The van der Waals surface area contributed by atoms with E-state index in [0.29, 0.717) is 11.4 Å². The second-order valence-corrected chi connectivity index (χ2v) is 9.70. The monoisotopic (exact) mass is 451 g/mol. The van der Waals surface area contributed by atoms with E-state index in [9.17, 15) is 14.4 Å². The fourth-order valence-electron chi connectivity index (χ4n) is 4.84. The van der Waals surface area contributed by atoms with Gasteiger partial charge in [0.15, 0.2) is 5.69 Å². The Kier molecular flexibility index (Phi) is 6.28. The van der Waals surface area contributed by atoms with E-state index in [-0.39, 0.29) is 36.0 Å². The summed E-state index contributed by atoms with van der Waals surface area (Å²) in [4.78, 5) is 40.7. The van der Waals surface area contributed by atoms with E-state index in [1.54, 1.807) is 14.0 Å². The average molecular weight is 452 g/mol. The Morgan fingerprint density at radius 1 is 1.03 bits per heavy atom. The summed E-state index contributed by atoms with van der Waals surface area (Å²) < 4.78 is 1.49. The predicted octanol–water partition coefficient (Wildman–Crippen LogP) is 3.44. The largest absolute Gasteiger partial charge is 0.351 e. The lowest BCUT2D eigenvalue weighted by Crippen LogP contribution is -2.63. The first kappa shape index (κ1) is 23.0. The normalized spacial score (nSPS) is 21.3. The molecule has 1 aliphatic heterocycles. The summed E-state index contributed by atoms with van der Waals surface area (Å²) >= 11 is 0. The molecule has 2 heterocycles. The van der Waals surface area contributed by atoms with Crippen molar-refractivity contribution < 1.29 is 14.4 Å². The molecule has 0 spiro atoms. The second kappa shape index (κ2) is 9.00. The molecule has 1 fully saturated rings. The molecule has 176 valence electrons. The van der Waals surface area contributed by atoms with Crippen LogP contribution >= 0.6 is 0 Å². The van der Waals surface area contributed by atoms with Gasteiger partial charge in [-0.1, -0.05) is 31.7 Å². The van der Waals surface area contributed by atoms with E-state index >= 15 is 0 Å². The number of carbonyl (C=O) groups is 3. The van der Waals surface area contributed by atoms with Crippen molar-refractivity contribution in [3.05, 3.63) is 46.8 Å². The van der Waals surface area contributed by atoms with E-state index in [1.807, 2.05) is 32.0 Å². The SMILES string of the molecule is Cc1cc(C)cc(NC(=O)c2cc3n(n2)C[C@](C)(C(=O)NC2CCCCCC2)N(C)C3=O)c1. The summed E-state index contributed by atoms with van der Waals surface area (Å²) in [6.07, 6.45) is 6.55. The van der Waals surface area contributed by atoms with Gasteiger partial charge in [-0.3, -0.25) is 19.1 Å². The number of anilines is 1. The van der Waals surface area contributed by atoms with Crippen LogP contribution in [0.15, 0.2) is 24.3 Å². The van der Waals surface area contributed by atoms with Crippen molar-refractivity contribution in [3.8, 4) is 0 Å². The quantitative estimate of drug-likeness (QED) is 0.696. The minimum Gasteiger partial charge on any atom is -0.351 e. The number of aromatic nitrogens is 2. The Hall–Kier alpha value is -3.16. The minimum absolute atomic E-state index is 0.137. The number of amides is 3. The fraction of sp³-hybridized carbons (Fsp3) is 0.520. The summed E-state index contributed by atoms with van der Waals surface area (Å²) in [7, 11) is 1.64. The second-order valence-electron chi connectivity index (χ2n) is 9.70.